The Morgan fingerprint density at radius 2 is 2.20 bits per heavy atom. The summed E-state index contributed by atoms with van der Waals surface area (Å²) >= 11 is 0. The molecular formula is C15H17FN2O2. The minimum Gasteiger partial charge on any atom is -0.493 e. The first-order valence-corrected chi connectivity index (χ1v) is 6.41. The molecule has 0 amide bonds. The Morgan fingerprint density at radius 1 is 1.45 bits per heavy atom. The van der Waals surface area contributed by atoms with E-state index < -0.39 is 5.82 Å². The van der Waals surface area contributed by atoms with Crippen molar-refractivity contribution in [3.63, 3.8) is 0 Å². The monoisotopic (exact) mass is 276 g/mol. The van der Waals surface area contributed by atoms with Crippen molar-refractivity contribution in [1.29, 1.82) is 0 Å². The number of halogens is 1. The highest BCUT2D eigenvalue weighted by molar-refractivity contribution is 5.82. The number of hydrogen-bond acceptors (Lipinski definition) is 3. The molecule has 0 atom stereocenters. The van der Waals surface area contributed by atoms with E-state index >= 15 is 0 Å². The molecule has 0 saturated heterocycles. The van der Waals surface area contributed by atoms with Crippen molar-refractivity contribution in [3.05, 3.63) is 35.8 Å². The lowest BCUT2D eigenvalue weighted by atomic mass is 10.1. The van der Waals surface area contributed by atoms with E-state index in [1.807, 2.05) is 10.9 Å². The third kappa shape index (κ3) is 2.87. The molecule has 1 aromatic heterocycles. The molecule has 2 aromatic rings. The van der Waals surface area contributed by atoms with Crippen molar-refractivity contribution in [2.75, 3.05) is 7.11 Å². The summed E-state index contributed by atoms with van der Waals surface area (Å²) in [5.74, 6) is -0.128. The number of methoxy groups -OCH3 is 1. The van der Waals surface area contributed by atoms with Crippen LogP contribution in [0.3, 0.4) is 0 Å². The fourth-order valence-electron chi connectivity index (χ4n) is 2.06. The van der Waals surface area contributed by atoms with Gasteiger partial charge in [-0.25, -0.2) is 4.39 Å². The molecule has 5 heteroatoms. The molecule has 4 nitrogen and oxygen atoms in total. The molecule has 0 unspecified atom stereocenters. The first-order valence-electron chi connectivity index (χ1n) is 6.41. The molecule has 1 heterocycles. The van der Waals surface area contributed by atoms with Crippen LogP contribution in [0.15, 0.2) is 24.4 Å². The Balaban J connectivity index is 2.40. The molecule has 0 N–H and O–H groups in total. The van der Waals surface area contributed by atoms with Crippen LogP contribution in [0.2, 0.25) is 0 Å². The molecule has 0 aliphatic heterocycles. The lowest BCUT2D eigenvalue weighted by Gasteiger charge is -2.07. The van der Waals surface area contributed by atoms with E-state index in [0.717, 1.165) is 6.54 Å². The molecule has 20 heavy (non-hydrogen) atoms. The molecule has 106 valence electrons. The number of carbonyl (C=O) groups excluding carboxylic acids is 1. The minimum absolute atomic E-state index is 0.0367. The third-order valence-electron chi connectivity index (χ3n) is 2.89. The van der Waals surface area contributed by atoms with Crippen LogP contribution in [0, 0.1) is 11.7 Å². The first-order chi connectivity index (χ1) is 9.55. The van der Waals surface area contributed by atoms with Crippen molar-refractivity contribution < 1.29 is 13.9 Å². The van der Waals surface area contributed by atoms with E-state index in [0.29, 0.717) is 23.5 Å². The summed E-state index contributed by atoms with van der Waals surface area (Å²) in [6.45, 7) is 4.98. The maximum Gasteiger partial charge on any atom is 0.166 e. The van der Waals surface area contributed by atoms with Crippen LogP contribution in [-0.4, -0.2) is 23.2 Å². The summed E-state index contributed by atoms with van der Waals surface area (Å²) in [7, 11) is 1.34. The zero-order valence-electron chi connectivity index (χ0n) is 11.8. The summed E-state index contributed by atoms with van der Waals surface area (Å²) in [5, 5.41) is 4.39. The van der Waals surface area contributed by atoms with Crippen molar-refractivity contribution in [2.24, 2.45) is 5.92 Å². The lowest BCUT2D eigenvalue weighted by molar-refractivity contribution is 0.112. The van der Waals surface area contributed by atoms with Gasteiger partial charge in [-0.2, -0.15) is 5.10 Å². The Bertz CT molecular complexity index is 620. The zero-order valence-corrected chi connectivity index (χ0v) is 11.8. The molecule has 0 fully saturated rings. The molecule has 0 aliphatic rings. The fourth-order valence-corrected chi connectivity index (χ4v) is 2.06. The third-order valence-corrected chi connectivity index (χ3v) is 2.89. The molecule has 0 saturated carbocycles. The molecule has 0 bridgehead atoms. The molecule has 0 radical (unpaired) electrons. The summed E-state index contributed by atoms with van der Waals surface area (Å²) in [4.78, 5) is 11.0. The standard InChI is InChI=1S/C15H17FN2O2/c1-10(2)8-18-5-4-14(17-18)11-6-12(9-19)15(20-3)13(16)7-11/h4-7,9-10H,8H2,1-3H3. The van der Waals surface area contributed by atoms with Gasteiger partial charge in [-0.15, -0.1) is 0 Å². The average Bonchev–Trinajstić information content (AvgIpc) is 2.85. The number of aldehydes is 1. The second-order valence-corrected chi connectivity index (χ2v) is 5.02. The van der Waals surface area contributed by atoms with Crippen LogP contribution in [0.4, 0.5) is 4.39 Å². The van der Waals surface area contributed by atoms with E-state index in [9.17, 15) is 9.18 Å². The number of hydrogen-bond donors (Lipinski definition) is 0. The van der Waals surface area contributed by atoms with Gasteiger partial charge in [0.1, 0.15) is 0 Å². The molecular weight excluding hydrogens is 259 g/mol. The zero-order chi connectivity index (χ0) is 14.7. The Labute approximate surface area is 117 Å². The average molecular weight is 276 g/mol. The number of rotatable bonds is 5. The maximum atomic E-state index is 13.9. The predicted octanol–water partition coefficient (Wildman–Crippen LogP) is 3.17. The quantitative estimate of drug-likeness (QED) is 0.788. The van der Waals surface area contributed by atoms with Crippen LogP contribution in [0.25, 0.3) is 11.3 Å². The van der Waals surface area contributed by atoms with Gasteiger partial charge in [-0.1, -0.05) is 13.8 Å². The highest BCUT2D eigenvalue weighted by atomic mass is 19.1. The van der Waals surface area contributed by atoms with Gasteiger partial charge < -0.3 is 4.74 Å². The second-order valence-electron chi connectivity index (χ2n) is 5.02. The van der Waals surface area contributed by atoms with Crippen molar-refractivity contribution in [3.8, 4) is 17.0 Å². The number of aromatic nitrogens is 2. The second kappa shape index (κ2) is 5.86. The molecule has 0 aliphatic carbocycles. The molecule has 0 spiro atoms. The summed E-state index contributed by atoms with van der Waals surface area (Å²) in [5.41, 5.74) is 1.38. The van der Waals surface area contributed by atoms with E-state index in [-0.39, 0.29) is 11.3 Å². The summed E-state index contributed by atoms with van der Waals surface area (Å²) < 4.78 is 20.6. The van der Waals surface area contributed by atoms with Crippen molar-refractivity contribution in [1.82, 2.24) is 9.78 Å². The van der Waals surface area contributed by atoms with E-state index in [2.05, 4.69) is 18.9 Å². The topological polar surface area (TPSA) is 44.1 Å². The lowest BCUT2D eigenvalue weighted by Crippen LogP contribution is -2.04. The SMILES string of the molecule is COc1c(F)cc(-c2ccn(CC(C)C)n2)cc1C=O. The van der Waals surface area contributed by atoms with Gasteiger partial charge in [0.05, 0.1) is 18.4 Å². The van der Waals surface area contributed by atoms with Gasteiger partial charge >= 0.3 is 0 Å². The van der Waals surface area contributed by atoms with E-state index in [4.69, 9.17) is 4.74 Å². The Hall–Kier alpha value is -2.17. The smallest absolute Gasteiger partial charge is 0.166 e. The van der Waals surface area contributed by atoms with Crippen LogP contribution in [-0.2, 0) is 6.54 Å². The van der Waals surface area contributed by atoms with Crippen LogP contribution in [0.5, 0.6) is 5.75 Å². The van der Waals surface area contributed by atoms with Crippen LogP contribution >= 0.6 is 0 Å². The van der Waals surface area contributed by atoms with Gasteiger partial charge in [0.25, 0.3) is 0 Å². The largest absolute Gasteiger partial charge is 0.493 e. The van der Waals surface area contributed by atoms with Gasteiger partial charge in [0.15, 0.2) is 17.9 Å². The highest BCUT2D eigenvalue weighted by Gasteiger charge is 2.13. The summed E-state index contributed by atoms with van der Waals surface area (Å²) in [6, 6.07) is 4.71. The van der Waals surface area contributed by atoms with Crippen LogP contribution in [0.1, 0.15) is 24.2 Å². The number of nitrogens with zero attached hydrogens (tertiary/aromatic N) is 2. The molecule has 2 rings (SSSR count). The van der Waals surface area contributed by atoms with E-state index in [1.165, 1.54) is 13.2 Å². The number of ether oxygens (including phenoxy) is 1. The van der Waals surface area contributed by atoms with Gasteiger partial charge in [0, 0.05) is 18.3 Å². The maximum absolute atomic E-state index is 13.9. The molecule has 1 aromatic carbocycles. The number of benzene rings is 1. The highest BCUT2D eigenvalue weighted by Crippen LogP contribution is 2.28. The fraction of sp³-hybridized carbons (Fsp3) is 0.333. The summed E-state index contributed by atoms with van der Waals surface area (Å²) in [6.07, 6.45) is 2.43. The van der Waals surface area contributed by atoms with Crippen molar-refractivity contribution in [2.45, 2.75) is 20.4 Å². The van der Waals surface area contributed by atoms with Crippen molar-refractivity contribution >= 4 is 6.29 Å². The first kappa shape index (κ1) is 14.2. The van der Waals surface area contributed by atoms with Gasteiger partial charge in [-0.3, -0.25) is 9.48 Å². The Kier molecular flexibility index (Phi) is 4.17. The van der Waals surface area contributed by atoms with Gasteiger partial charge in [-0.05, 0) is 24.1 Å². The minimum atomic E-state index is -0.564. The van der Waals surface area contributed by atoms with Crippen LogP contribution < -0.4 is 4.74 Å². The predicted molar refractivity (Wildman–Crippen MR) is 74.4 cm³/mol. The van der Waals surface area contributed by atoms with E-state index in [1.54, 1.807) is 12.1 Å². The normalized spacial score (nSPS) is 10.8. The Morgan fingerprint density at radius 3 is 2.80 bits per heavy atom. The number of carbonyl (C=O) groups is 1. The van der Waals surface area contributed by atoms with Gasteiger partial charge in [0.2, 0.25) is 0 Å².